The van der Waals surface area contributed by atoms with Gasteiger partial charge in [-0.15, -0.1) is 0 Å². The van der Waals surface area contributed by atoms with E-state index in [1.807, 2.05) is 31.2 Å². The lowest BCUT2D eigenvalue weighted by Gasteiger charge is -2.41. The van der Waals surface area contributed by atoms with Crippen molar-refractivity contribution in [2.75, 3.05) is 18.4 Å². The average Bonchev–Trinajstić information content (AvgIpc) is 2.41. The largest absolute Gasteiger partial charge is 0.480 e. The second-order valence-electron chi connectivity index (χ2n) is 5.88. The number of aryl methyl sites for hydroxylation is 1. The molecule has 1 heterocycles. The molecule has 1 saturated heterocycles. The van der Waals surface area contributed by atoms with Gasteiger partial charge in [-0.25, -0.2) is 0 Å². The van der Waals surface area contributed by atoms with Gasteiger partial charge in [-0.05, 0) is 57.4 Å². The quantitative estimate of drug-likeness (QED) is 0.892. The number of aliphatic carboxylic acids is 1. The van der Waals surface area contributed by atoms with Crippen LogP contribution in [-0.4, -0.2) is 40.5 Å². The number of hydrogen-bond donors (Lipinski definition) is 2. The Balaban J connectivity index is 2.02. The van der Waals surface area contributed by atoms with Gasteiger partial charge < -0.3 is 10.4 Å². The number of rotatable bonds is 4. The molecule has 0 aliphatic carbocycles. The normalized spacial score (nSPS) is 22.8. The summed E-state index contributed by atoms with van der Waals surface area (Å²) in [5, 5.41) is 12.3. The average molecular weight is 290 g/mol. The monoisotopic (exact) mass is 290 g/mol. The van der Waals surface area contributed by atoms with Crippen molar-refractivity contribution in [2.24, 2.45) is 0 Å². The Kier molecular flexibility index (Phi) is 4.63. The van der Waals surface area contributed by atoms with E-state index in [9.17, 15) is 14.7 Å². The topological polar surface area (TPSA) is 69.6 Å². The molecule has 5 heteroatoms. The molecule has 1 aliphatic heterocycles. The first kappa shape index (κ1) is 15.5. The maximum atomic E-state index is 12.2. The third-order valence-electron chi connectivity index (χ3n) is 4.14. The maximum Gasteiger partial charge on any atom is 0.323 e. The summed E-state index contributed by atoms with van der Waals surface area (Å²) < 4.78 is 0. The Morgan fingerprint density at radius 1 is 1.38 bits per heavy atom. The highest BCUT2D eigenvalue weighted by molar-refractivity contribution is 5.93. The summed E-state index contributed by atoms with van der Waals surface area (Å²) in [4.78, 5) is 25.4. The highest BCUT2D eigenvalue weighted by atomic mass is 16.4. The number of nitrogens with one attached hydrogen (secondary N) is 1. The van der Waals surface area contributed by atoms with Gasteiger partial charge in [-0.1, -0.05) is 12.1 Å². The summed E-state index contributed by atoms with van der Waals surface area (Å²) in [7, 11) is 0. The summed E-state index contributed by atoms with van der Waals surface area (Å²) in [6, 6.07) is 7.57. The molecule has 21 heavy (non-hydrogen) atoms. The number of piperidine rings is 1. The number of amides is 1. The van der Waals surface area contributed by atoms with Crippen molar-refractivity contribution in [3.8, 4) is 0 Å². The van der Waals surface area contributed by atoms with Crippen LogP contribution in [0, 0.1) is 6.92 Å². The lowest BCUT2D eigenvalue weighted by Crippen LogP contribution is -2.57. The minimum atomic E-state index is -0.942. The van der Waals surface area contributed by atoms with Crippen LogP contribution < -0.4 is 5.32 Å². The first-order valence-electron chi connectivity index (χ1n) is 7.27. The summed E-state index contributed by atoms with van der Waals surface area (Å²) in [6.45, 7) is 4.41. The zero-order valence-electron chi connectivity index (χ0n) is 12.6. The Labute approximate surface area is 125 Å². The van der Waals surface area contributed by atoms with E-state index in [2.05, 4.69) is 5.32 Å². The highest BCUT2D eigenvalue weighted by Crippen LogP contribution is 2.28. The number of benzene rings is 1. The summed E-state index contributed by atoms with van der Waals surface area (Å²) >= 11 is 0. The van der Waals surface area contributed by atoms with Crippen LogP contribution in [0.15, 0.2) is 24.3 Å². The second-order valence-corrected chi connectivity index (χ2v) is 5.88. The zero-order chi connectivity index (χ0) is 15.5. The van der Waals surface area contributed by atoms with Crippen LogP contribution in [0.2, 0.25) is 0 Å². The minimum Gasteiger partial charge on any atom is -0.480 e. The molecule has 0 spiro atoms. The lowest BCUT2D eigenvalue weighted by atomic mass is 9.88. The molecule has 2 rings (SSSR count). The zero-order valence-corrected chi connectivity index (χ0v) is 12.6. The molecule has 114 valence electrons. The number of hydrogen-bond acceptors (Lipinski definition) is 3. The summed E-state index contributed by atoms with van der Waals surface area (Å²) in [6.07, 6.45) is 2.40. The fourth-order valence-electron chi connectivity index (χ4n) is 2.77. The molecule has 1 unspecified atom stereocenters. The fraction of sp³-hybridized carbons (Fsp3) is 0.500. The third kappa shape index (κ3) is 3.61. The molecule has 2 N–H and O–H groups in total. The molecule has 1 aromatic rings. The van der Waals surface area contributed by atoms with E-state index in [4.69, 9.17) is 0 Å². The predicted molar refractivity (Wildman–Crippen MR) is 81.3 cm³/mol. The molecule has 1 atom stereocenters. The van der Waals surface area contributed by atoms with Crippen LogP contribution in [0.25, 0.3) is 0 Å². The van der Waals surface area contributed by atoms with Crippen molar-refractivity contribution in [1.82, 2.24) is 4.90 Å². The van der Waals surface area contributed by atoms with E-state index in [0.29, 0.717) is 13.0 Å². The Morgan fingerprint density at radius 2 is 2.14 bits per heavy atom. The standard InChI is InChI=1S/C16H22N2O3/c1-12-6-5-7-13(10-12)17-14(19)11-18-9-4-3-8-16(18,2)15(20)21/h5-7,10H,3-4,8-9,11H2,1-2H3,(H,17,19)(H,20,21). The number of anilines is 1. The van der Waals surface area contributed by atoms with Gasteiger partial charge in [-0.2, -0.15) is 0 Å². The van der Waals surface area contributed by atoms with Gasteiger partial charge in [-0.3, -0.25) is 14.5 Å². The lowest BCUT2D eigenvalue weighted by molar-refractivity contribution is -0.153. The van der Waals surface area contributed by atoms with Gasteiger partial charge in [0.15, 0.2) is 0 Å². The molecule has 0 bridgehead atoms. The van der Waals surface area contributed by atoms with Crippen molar-refractivity contribution in [2.45, 2.75) is 38.6 Å². The van der Waals surface area contributed by atoms with Crippen LogP contribution in [0.1, 0.15) is 31.7 Å². The van der Waals surface area contributed by atoms with Gasteiger partial charge in [0.1, 0.15) is 5.54 Å². The number of carboxylic acid groups (broad SMARTS) is 1. The fourth-order valence-corrected chi connectivity index (χ4v) is 2.77. The number of carboxylic acids is 1. The summed E-state index contributed by atoms with van der Waals surface area (Å²) in [5.74, 6) is -1.03. The number of carbonyl (C=O) groups is 2. The van der Waals surface area contributed by atoms with Crippen LogP contribution in [-0.2, 0) is 9.59 Å². The molecule has 5 nitrogen and oxygen atoms in total. The van der Waals surface area contributed by atoms with Crippen molar-refractivity contribution < 1.29 is 14.7 Å². The van der Waals surface area contributed by atoms with E-state index in [1.54, 1.807) is 11.8 Å². The van der Waals surface area contributed by atoms with Crippen LogP contribution in [0.5, 0.6) is 0 Å². The molecule has 0 saturated carbocycles. The Hall–Kier alpha value is -1.88. The van der Waals surface area contributed by atoms with Crippen molar-refractivity contribution in [3.63, 3.8) is 0 Å². The molecule has 1 fully saturated rings. The summed E-state index contributed by atoms with van der Waals surface area (Å²) in [5.41, 5.74) is 0.873. The number of carbonyl (C=O) groups excluding carboxylic acids is 1. The van der Waals surface area contributed by atoms with Crippen molar-refractivity contribution in [1.29, 1.82) is 0 Å². The van der Waals surface area contributed by atoms with E-state index in [0.717, 1.165) is 24.1 Å². The molecule has 0 aromatic heterocycles. The third-order valence-corrected chi connectivity index (χ3v) is 4.14. The Bertz CT molecular complexity index is 544. The number of likely N-dealkylation sites (tertiary alicyclic amines) is 1. The molecule has 0 radical (unpaired) electrons. The van der Waals surface area contributed by atoms with Crippen LogP contribution in [0.4, 0.5) is 5.69 Å². The smallest absolute Gasteiger partial charge is 0.323 e. The van der Waals surface area contributed by atoms with Gasteiger partial charge in [0.25, 0.3) is 0 Å². The van der Waals surface area contributed by atoms with Gasteiger partial charge in [0.2, 0.25) is 5.91 Å². The maximum absolute atomic E-state index is 12.2. The highest BCUT2D eigenvalue weighted by Gasteiger charge is 2.41. The number of nitrogens with zero attached hydrogens (tertiary/aromatic N) is 1. The van der Waals surface area contributed by atoms with E-state index >= 15 is 0 Å². The van der Waals surface area contributed by atoms with E-state index in [-0.39, 0.29) is 12.5 Å². The van der Waals surface area contributed by atoms with Crippen molar-refractivity contribution >= 4 is 17.6 Å². The Morgan fingerprint density at radius 3 is 2.81 bits per heavy atom. The van der Waals surface area contributed by atoms with Crippen molar-refractivity contribution in [3.05, 3.63) is 29.8 Å². The van der Waals surface area contributed by atoms with Crippen LogP contribution in [0.3, 0.4) is 0 Å². The SMILES string of the molecule is Cc1cccc(NC(=O)CN2CCCCC2(C)C(=O)O)c1. The van der Waals surface area contributed by atoms with Crippen LogP contribution >= 0.6 is 0 Å². The van der Waals surface area contributed by atoms with Gasteiger partial charge >= 0.3 is 5.97 Å². The van der Waals surface area contributed by atoms with Gasteiger partial charge in [0, 0.05) is 5.69 Å². The molecule has 1 aliphatic rings. The molecular formula is C16H22N2O3. The van der Waals surface area contributed by atoms with E-state index in [1.165, 1.54) is 0 Å². The second kappa shape index (κ2) is 6.26. The minimum absolute atomic E-state index is 0.108. The first-order chi connectivity index (χ1) is 9.91. The van der Waals surface area contributed by atoms with E-state index < -0.39 is 11.5 Å². The molecule has 1 aromatic carbocycles. The first-order valence-corrected chi connectivity index (χ1v) is 7.27. The molecule has 1 amide bonds. The van der Waals surface area contributed by atoms with Gasteiger partial charge in [0.05, 0.1) is 6.54 Å². The molecular weight excluding hydrogens is 268 g/mol. The predicted octanol–water partition coefficient (Wildman–Crippen LogP) is 2.26.